The minimum atomic E-state index is -3.94. The molecule has 2 aromatic rings. The molecule has 0 aliphatic heterocycles. The van der Waals surface area contributed by atoms with Crippen molar-refractivity contribution in [2.45, 2.75) is 6.92 Å². The van der Waals surface area contributed by atoms with E-state index in [0.29, 0.717) is 16.9 Å². The van der Waals surface area contributed by atoms with Gasteiger partial charge in [0.25, 0.3) is 0 Å². The maximum absolute atomic E-state index is 12.3. The molecule has 0 aliphatic carbocycles. The normalized spacial score (nSPS) is 12.2. The standard InChI is InChI=1S/C11H13N3O4S/c1-8-12-9-5-3-4-6-10(9)14(8)19(17,18)13(2)7-11(15)16/h3-6H,7H2,1-2H3,(H,15,16). The van der Waals surface area contributed by atoms with E-state index in [9.17, 15) is 13.2 Å². The van der Waals surface area contributed by atoms with Crippen molar-refractivity contribution in [1.82, 2.24) is 13.3 Å². The number of rotatable bonds is 4. The molecule has 1 aromatic heterocycles. The van der Waals surface area contributed by atoms with Crippen LogP contribution in [0.3, 0.4) is 0 Å². The minimum absolute atomic E-state index is 0.290. The highest BCUT2D eigenvalue weighted by Crippen LogP contribution is 2.19. The first-order valence-electron chi connectivity index (χ1n) is 5.46. The average Bonchev–Trinajstić information content (AvgIpc) is 2.64. The zero-order valence-corrected chi connectivity index (χ0v) is 11.3. The average molecular weight is 283 g/mol. The molecule has 102 valence electrons. The Morgan fingerprint density at radius 2 is 2.05 bits per heavy atom. The van der Waals surface area contributed by atoms with Gasteiger partial charge in [0.1, 0.15) is 12.4 Å². The van der Waals surface area contributed by atoms with Crippen LogP contribution in [0.1, 0.15) is 5.82 Å². The molecule has 0 fully saturated rings. The van der Waals surface area contributed by atoms with Gasteiger partial charge in [-0.25, -0.2) is 8.96 Å². The van der Waals surface area contributed by atoms with Gasteiger partial charge in [0, 0.05) is 7.05 Å². The van der Waals surface area contributed by atoms with Crippen molar-refractivity contribution >= 4 is 27.2 Å². The molecule has 0 unspecified atom stereocenters. The second-order valence-electron chi connectivity index (χ2n) is 4.07. The van der Waals surface area contributed by atoms with Crippen molar-refractivity contribution < 1.29 is 18.3 Å². The van der Waals surface area contributed by atoms with Crippen molar-refractivity contribution in [3.05, 3.63) is 30.1 Å². The number of carbonyl (C=O) groups is 1. The van der Waals surface area contributed by atoms with E-state index in [1.807, 2.05) is 0 Å². The van der Waals surface area contributed by atoms with Crippen molar-refractivity contribution in [2.24, 2.45) is 0 Å². The summed E-state index contributed by atoms with van der Waals surface area (Å²) in [6, 6.07) is 6.78. The van der Waals surface area contributed by atoms with Gasteiger partial charge in [0.05, 0.1) is 11.0 Å². The topological polar surface area (TPSA) is 92.5 Å². The highest BCUT2D eigenvalue weighted by Gasteiger charge is 2.26. The Kier molecular flexibility index (Phi) is 3.29. The Bertz CT molecular complexity index is 735. The van der Waals surface area contributed by atoms with Crippen LogP contribution < -0.4 is 0 Å². The van der Waals surface area contributed by atoms with Crippen molar-refractivity contribution in [1.29, 1.82) is 0 Å². The fraction of sp³-hybridized carbons (Fsp3) is 0.273. The quantitative estimate of drug-likeness (QED) is 0.879. The highest BCUT2D eigenvalue weighted by molar-refractivity contribution is 7.87. The van der Waals surface area contributed by atoms with Crippen LogP contribution >= 0.6 is 0 Å². The number of fused-ring (bicyclic) bond motifs is 1. The maximum Gasteiger partial charge on any atom is 0.318 e. The molecule has 19 heavy (non-hydrogen) atoms. The summed E-state index contributed by atoms with van der Waals surface area (Å²) in [5.41, 5.74) is 0.976. The number of carboxylic acid groups (broad SMARTS) is 1. The zero-order valence-electron chi connectivity index (χ0n) is 10.4. The number of nitrogens with zero attached hydrogens (tertiary/aromatic N) is 3. The number of benzene rings is 1. The van der Waals surface area contributed by atoms with Gasteiger partial charge in [0.2, 0.25) is 0 Å². The van der Waals surface area contributed by atoms with Crippen LogP contribution in [-0.4, -0.2) is 46.3 Å². The van der Waals surface area contributed by atoms with Gasteiger partial charge in [-0.3, -0.25) is 4.79 Å². The smallest absolute Gasteiger partial charge is 0.318 e. The Balaban J connectivity index is 2.60. The van der Waals surface area contributed by atoms with Gasteiger partial charge < -0.3 is 5.11 Å². The zero-order chi connectivity index (χ0) is 14.2. The lowest BCUT2D eigenvalue weighted by molar-refractivity contribution is -0.137. The van der Waals surface area contributed by atoms with Gasteiger partial charge >= 0.3 is 16.2 Å². The molecule has 1 aromatic carbocycles. The first kappa shape index (κ1) is 13.5. The molecule has 0 spiro atoms. The summed E-state index contributed by atoms with van der Waals surface area (Å²) in [5, 5.41) is 8.70. The van der Waals surface area contributed by atoms with E-state index in [0.717, 1.165) is 8.28 Å². The van der Waals surface area contributed by atoms with Crippen molar-refractivity contribution in [2.75, 3.05) is 13.6 Å². The lowest BCUT2D eigenvalue weighted by atomic mass is 10.3. The number of aryl methyl sites for hydroxylation is 1. The summed E-state index contributed by atoms with van der Waals surface area (Å²) in [4.78, 5) is 14.8. The van der Waals surface area contributed by atoms with Crippen LogP contribution in [0.4, 0.5) is 0 Å². The van der Waals surface area contributed by atoms with Gasteiger partial charge in [0.15, 0.2) is 0 Å². The molecular weight excluding hydrogens is 270 g/mol. The van der Waals surface area contributed by atoms with Crippen LogP contribution in [0.15, 0.2) is 24.3 Å². The summed E-state index contributed by atoms with van der Waals surface area (Å²) in [6.07, 6.45) is 0. The molecule has 0 aliphatic rings. The molecule has 0 radical (unpaired) electrons. The lowest BCUT2D eigenvalue weighted by Crippen LogP contribution is -2.36. The van der Waals surface area contributed by atoms with E-state index in [1.54, 1.807) is 31.2 Å². The third-order valence-corrected chi connectivity index (χ3v) is 4.50. The second kappa shape index (κ2) is 4.63. The number of aromatic nitrogens is 2. The number of likely N-dealkylation sites (N-methyl/N-ethyl adjacent to an activating group) is 1. The molecule has 0 atom stereocenters. The van der Waals surface area contributed by atoms with E-state index in [4.69, 9.17) is 5.11 Å². The largest absolute Gasteiger partial charge is 0.480 e. The Morgan fingerprint density at radius 3 is 2.68 bits per heavy atom. The predicted molar refractivity (Wildman–Crippen MR) is 69.1 cm³/mol. The van der Waals surface area contributed by atoms with Crippen LogP contribution in [0, 0.1) is 6.92 Å². The molecule has 0 amide bonds. The van der Waals surface area contributed by atoms with E-state index < -0.39 is 22.7 Å². The van der Waals surface area contributed by atoms with Gasteiger partial charge in [-0.2, -0.15) is 12.7 Å². The number of hydrogen-bond donors (Lipinski definition) is 1. The summed E-state index contributed by atoms with van der Waals surface area (Å²) in [6.45, 7) is 0.959. The maximum atomic E-state index is 12.3. The van der Waals surface area contributed by atoms with Crippen molar-refractivity contribution in [3.63, 3.8) is 0 Å². The van der Waals surface area contributed by atoms with Crippen LogP contribution in [-0.2, 0) is 15.0 Å². The third kappa shape index (κ3) is 2.32. The fourth-order valence-electron chi connectivity index (χ4n) is 1.83. The molecule has 8 heteroatoms. The first-order valence-corrected chi connectivity index (χ1v) is 6.86. The molecular formula is C11H13N3O4S. The molecule has 0 saturated heterocycles. The molecule has 7 nitrogen and oxygen atoms in total. The fourth-order valence-corrected chi connectivity index (χ4v) is 3.16. The van der Waals surface area contributed by atoms with Crippen LogP contribution in [0.25, 0.3) is 11.0 Å². The van der Waals surface area contributed by atoms with E-state index in [1.165, 1.54) is 7.05 Å². The number of imidazole rings is 1. The van der Waals surface area contributed by atoms with E-state index in [2.05, 4.69) is 4.98 Å². The Morgan fingerprint density at radius 1 is 1.42 bits per heavy atom. The predicted octanol–water partition coefficient (Wildman–Crippen LogP) is 0.454. The molecule has 1 heterocycles. The number of hydrogen-bond acceptors (Lipinski definition) is 4. The monoisotopic (exact) mass is 283 g/mol. The molecule has 0 saturated carbocycles. The van der Waals surface area contributed by atoms with E-state index >= 15 is 0 Å². The third-order valence-electron chi connectivity index (χ3n) is 2.66. The number of carboxylic acids is 1. The van der Waals surface area contributed by atoms with Gasteiger partial charge in [-0.1, -0.05) is 12.1 Å². The number of para-hydroxylation sites is 2. The Labute approximate surface area is 110 Å². The number of aliphatic carboxylic acids is 1. The Hall–Kier alpha value is -1.93. The van der Waals surface area contributed by atoms with Crippen molar-refractivity contribution in [3.8, 4) is 0 Å². The first-order chi connectivity index (χ1) is 8.84. The summed E-state index contributed by atoms with van der Waals surface area (Å²) in [5.74, 6) is -0.924. The van der Waals surface area contributed by atoms with E-state index in [-0.39, 0.29) is 0 Å². The second-order valence-corrected chi connectivity index (χ2v) is 5.95. The molecule has 0 bridgehead atoms. The van der Waals surface area contributed by atoms with Crippen LogP contribution in [0.5, 0.6) is 0 Å². The summed E-state index contributed by atoms with van der Waals surface area (Å²) >= 11 is 0. The van der Waals surface area contributed by atoms with Gasteiger partial charge in [-0.15, -0.1) is 0 Å². The summed E-state index contributed by atoms with van der Waals surface area (Å²) in [7, 11) is -2.72. The molecule has 1 N–H and O–H groups in total. The minimum Gasteiger partial charge on any atom is -0.480 e. The lowest BCUT2D eigenvalue weighted by Gasteiger charge is -2.16. The van der Waals surface area contributed by atoms with Crippen LogP contribution in [0.2, 0.25) is 0 Å². The van der Waals surface area contributed by atoms with Gasteiger partial charge in [-0.05, 0) is 19.1 Å². The SMILES string of the molecule is Cc1nc2ccccc2n1S(=O)(=O)N(C)CC(=O)O. The summed E-state index contributed by atoms with van der Waals surface area (Å²) < 4.78 is 26.5. The highest BCUT2D eigenvalue weighted by atomic mass is 32.2. The molecule has 2 rings (SSSR count).